The van der Waals surface area contributed by atoms with Crippen molar-refractivity contribution in [2.24, 2.45) is 17.8 Å². The Morgan fingerprint density at radius 3 is 2.23 bits per heavy atom. The van der Waals surface area contributed by atoms with Crippen LogP contribution in [0.3, 0.4) is 0 Å². The van der Waals surface area contributed by atoms with Crippen molar-refractivity contribution in [2.75, 3.05) is 26.2 Å². The van der Waals surface area contributed by atoms with E-state index in [0.29, 0.717) is 37.3 Å². The molecule has 2 unspecified atom stereocenters. The van der Waals surface area contributed by atoms with Crippen molar-refractivity contribution in [2.45, 2.75) is 25.4 Å². The van der Waals surface area contributed by atoms with Gasteiger partial charge in [0, 0.05) is 50.0 Å². The molecule has 2 N–H and O–H groups in total. The lowest BCUT2D eigenvalue weighted by molar-refractivity contribution is -0.152. The van der Waals surface area contributed by atoms with E-state index in [1.54, 1.807) is 17.0 Å². The van der Waals surface area contributed by atoms with Crippen LogP contribution < -0.4 is 5.32 Å². The first kappa shape index (κ1) is 21.8. The second kappa shape index (κ2) is 8.28. The van der Waals surface area contributed by atoms with Crippen molar-refractivity contribution in [1.82, 2.24) is 10.2 Å². The number of nitrogens with zero attached hydrogens (tertiary/aromatic N) is 1. The number of nitrogens with one attached hydrogen (secondary N) is 1. The second-order valence-corrected chi connectivity index (χ2v) is 8.91. The lowest BCUT2D eigenvalue weighted by atomic mass is 9.70. The van der Waals surface area contributed by atoms with Crippen LogP contribution in [-0.2, 0) is 10.4 Å². The van der Waals surface area contributed by atoms with Crippen LogP contribution in [0, 0.1) is 35.2 Å². The molecule has 1 amide bonds. The zero-order valence-corrected chi connectivity index (χ0v) is 17.6. The summed E-state index contributed by atoms with van der Waals surface area (Å²) >= 11 is 0. The minimum atomic E-state index is -1.18. The van der Waals surface area contributed by atoms with Crippen molar-refractivity contribution in [1.29, 1.82) is 0 Å². The molecule has 2 heterocycles. The van der Waals surface area contributed by atoms with Gasteiger partial charge in [-0.05, 0) is 29.3 Å². The highest BCUT2D eigenvalue weighted by atomic mass is 19.1. The number of aliphatic hydroxyl groups is 1. The first-order valence-corrected chi connectivity index (χ1v) is 10.6. The maximum Gasteiger partial charge on any atom is 0.227 e. The second-order valence-electron chi connectivity index (χ2n) is 8.91. The molecule has 4 atom stereocenters. The molecule has 0 radical (unpaired) electrons. The zero-order chi connectivity index (χ0) is 22.3. The van der Waals surface area contributed by atoms with Gasteiger partial charge in [0.1, 0.15) is 17.5 Å². The zero-order valence-electron chi connectivity index (χ0n) is 17.6. The van der Waals surface area contributed by atoms with Crippen LogP contribution in [0.4, 0.5) is 13.2 Å². The molecule has 4 rings (SSSR count). The number of benzene rings is 2. The van der Waals surface area contributed by atoms with E-state index in [4.69, 9.17) is 0 Å². The van der Waals surface area contributed by atoms with Gasteiger partial charge in [-0.25, -0.2) is 13.2 Å². The van der Waals surface area contributed by atoms with E-state index < -0.39 is 23.2 Å². The molecule has 0 saturated carbocycles. The van der Waals surface area contributed by atoms with Crippen molar-refractivity contribution in [3.05, 3.63) is 71.0 Å². The third-order valence-corrected chi connectivity index (χ3v) is 7.00. The largest absolute Gasteiger partial charge is 0.384 e. The lowest BCUT2D eigenvalue weighted by Crippen LogP contribution is -2.57. The van der Waals surface area contributed by atoms with Gasteiger partial charge in [-0.15, -0.1) is 0 Å². The van der Waals surface area contributed by atoms with Gasteiger partial charge in [0.25, 0.3) is 0 Å². The van der Waals surface area contributed by atoms with Crippen LogP contribution in [-0.4, -0.2) is 42.1 Å². The quantitative estimate of drug-likeness (QED) is 0.782. The molecule has 2 aliphatic rings. The number of carbonyl (C=O) groups is 1. The van der Waals surface area contributed by atoms with Crippen molar-refractivity contribution < 1.29 is 23.1 Å². The summed E-state index contributed by atoms with van der Waals surface area (Å²) in [5.41, 5.74) is -0.207. The van der Waals surface area contributed by atoms with E-state index in [0.717, 1.165) is 6.07 Å². The lowest BCUT2D eigenvalue weighted by Gasteiger charge is -2.48. The third kappa shape index (κ3) is 3.85. The van der Waals surface area contributed by atoms with E-state index >= 15 is 0 Å². The number of halogens is 3. The highest BCUT2D eigenvalue weighted by molar-refractivity contribution is 5.81. The summed E-state index contributed by atoms with van der Waals surface area (Å²) in [5, 5.41) is 14.6. The van der Waals surface area contributed by atoms with Gasteiger partial charge < -0.3 is 15.3 Å². The van der Waals surface area contributed by atoms with Gasteiger partial charge in [0.15, 0.2) is 0 Å². The van der Waals surface area contributed by atoms with Crippen molar-refractivity contribution in [3.8, 4) is 0 Å². The van der Waals surface area contributed by atoms with E-state index in [1.807, 2.05) is 13.8 Å². The summed E-state index contributed by atoms with van der Waals surface area (Å²) in [6.45, 7) is 5.30. The van der Waals surface area contributed by atoms with Gasteiger partial charge in [0.05, 0.1) is 11.5 Å². The highest BCUT2D eigenvalue weighted by Crippen LogP contribution is 2.42. The molecule has 0 aliphatic carbocycles. The fraction of sp³-hybridized carbons (Fsp3) is 0.458. The molecule has 166 valence electrons. The molecule has 31 heavy (non-hydrogen) atoms. The number of hydrogen-bond donors (Lipinski definition) is 2. The number of carbonyl (C=O) groups excluding carboxylic acids is 1. The summed E-state index contributed by atoms with van der Waals surface area (Å²) in [6, 6.07) is 9.32. The number of amides is 1. The predicted molar refractivity (Wildman–Crippen MR) is 111 cm³/mol. The molecule has 4 nitrogen and oxygen atoms in total. The Kier molecular flexibility index (Phi) is 5.83. The Hall–Kier alpha value is -2.38. The van der Waals surface area contributed by atoms with Crippen LogP contribution in [0.1, 0.15) is 30.9 Å². The molecule has 2 aromatic carbocycles. The first-order valence-electron chi connectivity index (χ1n) is 10.6. The monoisotopic (exact) mass is 432 g/mol. The Morgan fingerprint density at radius 2 is 1.61 bits per heavy atom. The molecule has 2 saturated heterocycles. The van der Waals surface area contributed by atoms with Crippen LogP contribution in [0.15, 0.2) is 42.5 Å². The Balaban J connectivity index is 1.54. The van der Waals surface area contributed by atoms with Crippen LogP contribution in [0.2, 0.25) is 0 Å². The van der Waals surface area contributed by atoms with Gasteiger partial charge in [-0.2, -0.15) is 0 Å². The highest BCUT2D eigenvalue weighted by Gasteiger charge is 2.48. The number of hydrogen-bond acceptors (Lipinski definition) is 3. The molecule has 7 heteroatoms. The number of rotatable bonds is 3. The molecular weight excluding hydrogens is 405 g/mol. The van der Waals surface area contributed by atoms with Gasteiger partial charge in [0.2, 0.25) is 5.91 Å². The number of piperidine rings is 1. The summed E-state index contributed by atoms with van der Waals surface area (Å²) < 4.78 is 41.1. The van der Waals surface area contributed by atoms with Crippen LogP contribution >= 0.6 is 0 Å². The molecule has 2 aromatic rings. The van der Waals surface area contributed by atoms with Crippen molar-refractivity contribution >= 4 is 5.91 Å². The van der Waals surface area contributed by atoms with E-state index in [9.17, 15) is 23.1 Å². The summed E-state index contributed by atoms with van der Waals surface area (Å²) in [5.74, 6) is -3.15. The molecule has 2 fully saturated rings. The average Bonchev–Trinajstić information content (AvgIpc) is 3.21. The Labute approximate surface area is 180 Å². The Morgan fingerprint density at radius 1 is 1.00 bits per heavy atom. The Bertz CT molecular complexity index is 954. The topological polar surface area (TPSA) is 52.6 Å². The maximum absolute atomic E-state index is 14.4. The smallest absolute Gasteiger partial charge is 0.227 e. The predicted octanol–water partition coefficient (Wildman–Crippen LogP) is 3.41. The minimum Gasteiger partial charge on any atom is -0.384 e. The normalized spacial score (nSPS) is 31.1. The molecule has 0 aromatic heterocycles. The summed E-state index contributed by atoms with van der Waals surface area (Å²) in [6.07, 6.45) is 0. The molecular formula is C24H27F3N2O2. The van der Waals surface area contributed by atoms with Crippen LogP contribution in [0.25, 0.3) is 0 Å². The van der Waals surface area contributed by atoms with Gasteiger partial charge >= 0.3 is 0 Å². The maximum atomic E-state index is 14.4. The van der Waals surface area contributed by atoms with Crippen LogP contribution in [0.5, 0.6) is 0 Å². The third-order valence-electron chi connectivity index (χ3n) is 7.00. The van der Waals surface area contributed by atoms with E-state index in [2.05, 4.69) is 5.32 Å². The standard InChI is InChI=1S/C24H27F3N2O2/c1-14-12-29(13-15(2)24(14,31)16-3-5-17(25)6-4-16)23(30)21-11-28-10-20(21)19-8-7-18(26)9-22(19)27/h3-9,14-15,20-21,28,31H,10-13H2,1-2H3/t14?,15?,20-,21+,24?/m0/s1. The molecule has 0 bridgehead atoms. The fourth-order valence-electron chi connectivity index (χ4n) is 5.27. The fourth-order valence-corrected chi connectivity index (χ4v) is 5.27. The van der Waals surface area contributed by atoms with E-state index in [-0.39, 0.29) is 29.5 Å². The average molecular weight is 432 g/mol. The summed E-state index contributed by atoms with van der Waals surface area (Å²) in [7, 11) is 0. The number of likely N-dealkylation sites (tertiary alicyclic amines) is 1. The van der Waals surface area contributed by atoms with Crippen molar-refractivity contribution in [3.63, 3.8) is 0 Å². The summed E-state index contributed by atoms with van der Waals surface area (Å²) in [4.78, 5) is 15.1. The van der Waals surface area contributed by atoms with Gasteiger partial charge in [-0.1, -0.05) is 32.0 Å². The molecule has 0 spiro atoms. The van der Waals surface area contributed by atoms with E-state index in [1.165, 1.54) is 24.3 Å². The van der Waals surface area contributed by atoms with Gasteiger partial charge in [-0.3, -0.25) is 4.79 Å². The minimum absolute atomic E-state index is 0.0985. The molecule has 2 aliphatic heterocycles. The first-order chi connectivity index (χ1) is 14.7. The SMILES string of the molecule is CC1CN(C(=O)[C@@H]2CNC[C@H]2c2ccc(F)cc2F)CC(C)C1(O)c1ccc(F)cc1.